The van der Waals surface area contributed by atoms with Gasteiger partial charge in [-0.2, -0.15) is 0 Å². The van der Waals surface area contributed by atoms with E-state index in [1.54, 1.807) is 34.6 Å². The Balaban J connectivity index is 1.73. The van der Waals surface area contributed by atoms with Crippen LogP contribution in [0.2, 0.25) is 0 Å². The third-order valence-electron chi connectivity index (χ3n) is 5.70. The monoisotopic (exact) mass is 392 g/mol. The molecule has 3 aromatic rings. The molecule has 5 rings (SSSR count). The second-order valence-corrected chi connectivity index (χ2v) is 9.15. The highest BCUT2D eigenvalue weighted by atomic mass is 32.2. The zero-order valence-corrected chi connectivity index (χ0v) is 16.1. The average Bonchev–Trinajstić information content (AvgIpc) is 3.33. The summed E-state index contributed by atoms with van der Waals surface area (Å²) >= 11 is 0. The second-order valence-electron chi connectivity index (χ2n) is 7.37. The van der Waals surface area contributed by atoms with Crippen LogP contribution in [0.1, 0.15) is 36.0 Å². The predicted octanol–water partition coefficient (Wildman–Crippen LogP) is 4.54. The number of hydrogen-bond donors (Lipinski definition) is 1. The fourth-order valence-electron chi connectivity index (χ4n) is 4.45. The van der Waals surface area contributed by atoms with E-state index in [0.717, 1.165) is 25.7 Å². The van der Waals surface area contributed by atoms with Gasteiger partial charge in [-0.05, 0) is 43.2 Å². The number of anilines is 2. The van der Waals surface area contributed by atoms with Crippen LogP contribution >= 0.6 is 0 Å². The fourth-order valence-corrected chi connectivity index (χ4v) is 6.36. The van der Waals surface area contributed by atoms with Crippen LogP contribution in [0.5, 0.6) is 0 Å². The number of nitrogens with one attached hydrogen (secondary N) is 1. The first-order valence-corrected chi connectivity index (χ1v) is 11.0. The molecule has 142 valence electrons. The fraction of sp³-hybridized carbons (Fsp3) is 0.227. The molecule has 0 radical (unpaired) electrons. The third-order valence-corrected chi connectivity index (χ3v) is 7.64. The lowest BCUT2D eigenvalue weighted by molar-refractivity contribution is 0.103. The molecule has 0 spiro atoms. The van der Waals surface area contributed by atoms with Crippen molar-refractivity contribution in [1.29, 1.82) is 0 Å². The van der Waals surface area contributed by atoms with Gasteiger partial charge in [0.1, 0.15) is 0 Å². The molecule has 1 heterocycles. The van der Waals surface area contributed by atoms with Gasteiger partial charge in [-0.1, -0.05) is 43.2 Å². The van der Waals surface area contributed by atoms with Gasteiger partial charge in [0.2, 0.25) is 0 Å². The summed E-state index contributed by atoms with van der Waals surface area (Å²) in [4.78, 5) is 12.5. The smallest absolute Gasteiger partial charge is 0.265 e. The van der Waals surface area contributed by atoms with Gasteiger partial charge in [0.15, 0.2) is 0 Å². The summed E-state index contributed by atoms with van der Waals surface area (Å²) < 4.78 is 29.3. The normalized spacial score (nSPS) is 16.5. The summed E-state index contributed by atoms with van der Waals surface area (Å²) in [6.45, 7) is 0. The minimum Gasteiger partial charge on any atom is -0.321 e. The van der Waals surface area contributed by atoms with Crippen LogP contribution in [0.15, 0.2) is 65.6 Å². The molecule has 1 fully saturated rings. The Labute approximate surface area is 164 Å². The Hall–Kier alpha value is -2.86. The lowest BCUT2D eigenvalue weighted by atomic mass is 10.1. The molecular formula is C22H20N2O3S. The number of rotatable bonds is 4. The van der Waals surface area contributed by atoms with Gasteiger partial charge in [-0.3, -0.25) is 9.10 Å². The van der Waals surface area contributed by atoms with E-state index < -0.39 is 10.0 Å². The summed E-state index contributed by atoms with van der Waals surface area (Å²) in [6.07, 6.45) is 3.78. The first kappa shape index (κ1) is 17.3. The molecule has 0 saturated heterocycles. The number of amides is 1. The van der Waals surface area contributed by atoms with Gasteiger partial charge in [-0.25, -0.2) is 8.42 Å². The SMILES string of the molecule is O=C1Nc2ccc(S(=O)(=O)N(c3ccccc3)C3CCCC3)c3cccc1c23. The highest BCUT2D eigenvalue weighted by Crippen LogP contribution is 2.40. The first-order chi connectivity index (χ1) is 13.6. The number of sulfonamides is 1. The number of nitrogens with zero attached hydrogens (tertiary/aromatic N) is 1. The molecule has 0 aromatic heterocycles. The number of carbonyl (C=O) groups excluding carboxylic acids is 1. The summed E-state index contributed by atoms with van der Waals surface area (Å²) in [5.41, 5.74) is 1.88. The van der Waals surface area contributed by atoms with E-state index in [2.05, 4.69) is 5.32 Å². The van der Waals surface area contributed by atoms with E-state index >= 15 is 0 Å². The number of benzene rings is 3. The van der Waals surface area contributed by atoms with Crippen LogP contribution in [-0.2, 0) is 10.0 Å². The van der Waals surface area contributed by atoms with Crippen LogP contribution in [0.3, 0.4) is 0 Å². The maximum Gasteiger partial charge on any atom is 0.265 e. The van der Waals surface area contributed by atoms with Gasteiger partial charge < -0.3 is 5.32 Å². The minimum absolute atomic E-state index is 0.0461. The minimum atomic E-state index is -3.79. The molecule has 1 amide bonds. The lowest BCUT2D eigenvalue weighted by Crippen LogP contribution is -2.39. The molecule has 1 N–H and O–H groups in total. The second kappa shape index (κ2) is 6.34. The van der Waals surface area contributed by atoms with Gasteiger partial charge in [0.05, 0.1) is 10.6 Å². The van der Waals surface area contributed by atoms with Gasteiger partial charge in [0.25, 0.3) is 15.9 Å². The van der Waals surface area contributed by atoms with Crippen molar-refractivity contribution in [2.75, 3.05) is 9.62 Å². The van der Waals surface area contributed by atoms with Gasteiger partial charge in [0, 0.05) is 28.1 Å². The Morgan fingerprint density at radius 2 is 1.64 bits per heavy atom. The van der Waals surface area contributed by atoms with Gasteiger partial charge >= 0.3 is 0 Å². The summed E-state index contributed by atoms with van der Waals surface area (Å²) in [5, 5.41) is 4.10. The standard InChI is InChI=1S/C22H20N2O3S/c25-22-18-12-6-11-17-20(14-13-19(23-22)21(17)18)28(26,27)24(16-9-4-5-10-16)15-7-2-1-3-8-15/h1-3,6-8,11-14,16H,4-5,9-10H2,(H,23,25). The zero-order valence-electron chi connectivity index (χ0n) is 15.3. The Morgan fingerprint density at radius 1 is 0.893 bits per heavy atom. The molecule has 1 aliphatic heterocycles. The molecule has 5 nitrogen and oxygen atoms in total. The van der Waals surface area contributed by atoms with Gasteiger partial charge in [-0.15, -0.1) is 0 Å². The van der Waals surface area contributed by atoms with Crippen molar-refractivity contribution in [3.05, 3.63) is 66.2 Å². The topological polar surface area (TPSA) is 66.5 Å². The Bertz CT molecular complexity index is 1180. The zero-order chi connectivity index (χ0) is 19.3. The third kappa shape index (κ3) is 2.52. The van der Waals surface area contributed by atoms with Crippen LogP contribution in [-0.4, -0.2) is 20.4 Å². The molecule has 1 saturated carbocycles. The number of carbonyl (C=O) groups is 1. The number of hydrogen-bond acceptors (Lipinski definition) is 3. The molecule has 6 heteroatoms. The first-order valence-electron chi connectivity index (χ1n) is 9.54. The highest BCUT2D eigenvalue weighted by molar-refractivity contribution is 7.93. The van der Waals surface area contributed by atoms with Crippen LogP contribution in [0, 0.1) is 0 Å². The molecule has 1 aliphatic carbocycles. The maximum absolute atomic E-state index is 13.9. The van der Waals surface area contributed by atoms with Crippen molar-refractivity contribution < 1.29 is 13.2 Å². The van der Waals surface area contributed by atoms with Crippen molar-refractivity contribution in [2.24, 2.45) is 0 Å². The van der Waals surface area contributed by atoms with Crippen LogP contribution < -0.4 is 9.62 Å². The molecular weight excluding hydrogens is 372 g/mol. The Morgan fingerprint density at radius 3 is 2.39 bits per heavy atom. The van der Waals surface area contributed by atoms with Crippen LogP contribution in [0.4, 0.5) is 11.4 Å². The maximum atomic E-state index is 13.9. The molecule has 28 heavy (non-hydrogen) atoms. The summed E-state index contributed by atoms with van der Waals surface area (Å²) in [7, 11) is -3.79. The van der Waals surface area contributed by atoms with Crippen molar-refractivity contribution >= 4 is 38.1 Å². The van der Waals surface area contributed by atoms with E-state index in [1.807, 2.05) is 30.3 Å². The number of para-hydroxylation sites is 1. The average molecular weight is 392 g/mol. The van der Waals surface area contributed by atoms with Crippen molar-refractivity contribution in [3.8, 4) is 0 Å². The summed E-state index contributed by atoms with van der Waals surface area (Å²) in [6, 6.07) is 17.8. The van der Waals surface area contributed by atoms with E-state index in [1.165, 1.54) is 0 Å². The summed E-state index contributed by atoms with van der Waals surface area (Å²) in [5.74, 6) is -0.189. The Kier molecular flexibility index (Phi) is 3.91. The van der Waals surface area contributed by atoms with Crippen molar-refractivity contribution in [1.82, 2.24) is 0 Å². The van der Waals surface area contributed by atoms with Crippen molar-refractivity contribution in [2.45, 2.75) is 36.6 Å². The van der Waals surface area contributed by atoms with Crippen molar-refractivity contribution in [3.63, 3.8) is 0 Å². The van der Waals surface area contributed by atoms with E-state index in [0.29, 0.717) is 27.7 Å². The molecule has 3 aromatic carbocycles. The molecule has 0 atom stereocenters. The highest BCUT2D eigenvalue weighted by Gasteiger charge is 2.35. The van der Waals surface area contributed by atoms with E-state index in [-0.39, 0.29) is 16.8 Å². The predicted molar refractivity (Wildman–Crippen MR) is 110 cm³/mol. The van der Waals surface area contributed by atoms with Crippen LogP contribution in [0.25, 0.3) is 10.8 Å². The largest absolute Gasteiger partial charge is 0.321 e. The molecule has 0 unspecified atom stereocenters. The van der Waals surface area contributed by atoms with E-state index in [9.17, 15) is 13.2 Å². The molecule has 0 bridgehead atoms. The molecule has 2 aliphatic rings. The lowest BCUT2D eigenvalue weighted by Gasteiger charge is -2.30. The van der Waals surface area contributed by atoms with E-state index in [4.69, 9.17) is 0 Å². The quantitative estimate of drug-likeness (QED) is 0.709.